The molecule has 0 aromatic carbocycles. The van der Waals surface area contributed by atoms with Gasteiger partial charge in [0.2, 0.25) is 11.8 Å². The standard InChI is InChI=1S/C19H26N4O5/c24-16(21-12-17(25)26)11-22-18(27)15(10-13-6-2-1-3-7-13)23-19(28)14-8-4-5-9-20-14/h4-5,8-9,13,15H,1-3,6-7,10-12H2,(H,21,24)(H,22,27)(H,23,28)(H,25,26)/t15-/m0/s1. The SMILES string of the molecule is O=C(O)CNC(=O)CNC(=O)[C@H](CC1CCCCC1)NC(=O)c1ccccn1. The Kier molecular flexibility index (Phi) is 8.38. The van der Waals surface area contributed by atoms with Crippen molar-refractivity contribution in [3.8, 4) is 0 Å². The Labute approximate surface area is 163 Å². The Hall–Kier alpha value is -2.97. The predicted octanol–water partition coefficient (Wildman–Crippen LogP) is 0.467. The zero-order chi connectivity index (χ0) is 20.4. The summed E-state index contributed by atoms with van der Waals surface area (Å²) in [6.45, 7) is -0.872. The fraction of sp³-hybridized carbons (Fsp3) is 0.526. The number of aromatic nitrogens is 1. The van der Waals surface area contributed by atoms with Crippen molar-refractivity contribution in [2.45, 2.75) is 44.6 Å². The molecule has 9 heteroatoms. The molecule has 0 spiro atoms. The number of carboxylic acid groups (broad SMARTS) is 1. The molecular formula is C19H26N4O5. The van der Waals surface area contributed by atoms with Gasteiger partial charge < -0.3 is 21.1 Å². The zero-order valence-electron chi connectivity index (χ0n) is 15.6. The summed E-state index contributed by atoms with van der Waals surface area (Å²) in [5, 5.41) is 15.9. The van der Waals surface area contributed by atoms with Gasteiger partial charge >= 0.3 is 5.97 Å². The van der Waals surface area contributed by atoms with Crippen LogP contribution in [0.3, 0.4) is 0 Å². The second kappa shape index (κ2) is 11.0. The van der Waals surface area contributed by atoms with Gasteiger partial charge in [0.25, 0.3) is 5.91 Å². The third kappa shape index (κ3) is 7.34. The maximum Gasteiger partial charge on any atom is 0.322 e. The quantitative estimate of drug-likeness (QED) is 0.484. The van der Waals surface area contributed by atoms with Gasteiger partial charge in [0, 0.05) is 6.20 Å². The van der Waals surface area contributed by atoms with Crippen LogP contribution in [0.25, 0.3) is 0 Å². The monoisotopic (exact) mass is 390 g/mol. The number of nitrogens with one attached hydrogen (secondary N) is 3. The number of amides is 3. The minimum Gasteiger partial charge on any atom is -0.480 e. The highest BCUT2D eigenvalue weighted by atomic mass is 16.4. The number of carboxylic acids is 1. The first-order chi connectivity index (χ1) is 13.5. The summed E-state index contributed by atoms with van der Waals surface area (Å²) < 4.78 is 0. The van der Waals surface area contributed by atoms with Crippen molar-refractivity contribution >= 4 is 23.7 Å². The van der Waals surface area contributed by atoms with E-state index in [0.29, 0.717) is 12.3 Å². The van der Waals surface area contributed by atoms with Crippen molar-refractivity contribution in [3.05, 3.63) is 30.1 Å². The molecule has 4 N–H and O–H groups in total. The van der Waals surface area contributed by atoms with E-state index in [4.69, 9.17) is 5.11 Å². The Morgan fingerprint density at radius 1 is 1.07 bits per heavy atom. The Bertz CT molecular complexity index is 689. The molecule has 1 aromatic heterocycles. The fourth-order valence-corrected chi connectivity index (χ4v) is 3.24. The second-order valence-corrected chi connectivity index (χ2v) is 6.87. The summed E-state index contributed by atoms with van der Waals surface area (Å²) in [7, 11) is 0. The largest absolute Gasteiger partial charge is 0.480 e. The van der Waals surface area contributed by atoms with Crippen LogP contribution in [-0.2, 0) is 14.4 Å². The molecule has 28 heavy (non-hydrogen) atoms. The first-order valence-electron chi connectivity index (χ1n) is 9.44. The smallest absolute Gasteiger partial charge is 0.322 e. The Balaban J connectivity index is 1.95. The summed E-state index contributed by atoms with van der Waals surface area (Å²) in [4.78, 5) is 51.1. The van der Waals surface area contributed by atoms with Gasteiger partial charge in [0.15, 0.2) is 0 Å². The molecular weight excluding hydrogens is 364 g/mol. The molecule has 1 heterocycles. The van der Waals surface area contributed by atoms with E-state index in [-0.39, 0.29) is 12.2 Å². The number of nitrogens with zero attached hydrogens (tertiary/aromatic N) is 1. The van der Waals surface area contributed by atoms with E-state index in [9.17, 15) is 19.2 Å². The Morgan fingerprint density at radius 3 is 2.46 bits per heavy atom. The summed E-state index contributed by atoms with van der Waals surface area (Å²) >= 11 is 0. The average molecular weight is 390 g/mol. The van der Waals surface area contributed by atoms with Crippen LogP contribution in [0.4, 0.5) is 0 Å². The molecule has 1 aliphatic rings. The van der Waals surface area contributed by atoms with Crippen molar-refractivity contribution < 1.29 is 24.3 Å². The van der Waals surface area contributed by atoms with E-state index in [1.807, 2.05) is 0 Å². The highest BCUT2D eigenvalue weighted by Gasteiger charge is 2.26. The van der Waals surface area contributed by atoms with Crippen LogP contribution in [0.1, 0.15) is 49.0 Å². The fourth-order valence-electron chi connectivity index (χ4n) is 3.24. The van der Waals surface area contributed by atoms with Gasteiger partial charge in [-0.1, -0.05) is 38.2 Å². The molecule has 0 radical (unpaired) electrons. The Morgan fingerprint density at radius 2 is 1.82 bits per heavy atom. The van der Waals surface area contributed by atoms with Gasteiger partial charge in [-0.2, -0.15) is 0 Å². The van der Waals surface area contributed by atoms with Crippen LogP contribution >= 0.6 is 0 Å². The molecule has 2 rings (SSSR count). The molecule has 0 unspecified atom stereocenters. The van der Waals surface area contributed by atoms with E-state index < -0.39 is 36.3 Å². The normalized spacial score (nSPS) is 15.3. The molecule has 1 saturated carbocycles. The van der Waals surface area contributed by atoms with Crippen molar-refractivity contribution in [2.75, 3.05) is 13.1 Å². The first-order valence-corrected chi connectivity index (χ1v) is 9.44. The van der Waals surface area contributed by atoms with Gasteiger partial charge in [-0.05, 0) is 24.5 Å². The number of hydrogen-bond acceptors (Lipinski definition) is 5. The lowest BCUT2D eigenvalue weighted by molar-refractivity contribution is -0.137. The van der Waals surface area contributed by atoms with Gasteiger partial charge in [-0.25, -0.2) is 0 Å². The van der Waals surface area contributed by atoms with Gasteiger partial charge in [-0.3, -0.25) is 24.2 Å². The van der Waals surface area contributed by atoms with Crippen LogP contribution in [0.2, 0.25) is 0 Å². The number of carbonyl (C=O) groups excluding carboxylic acids is 3. The summed E-state index contributed by atoms with van der Waals surface area (Å²) in [5.41, 5.74) is 0.211. The molecule has 1 aromatic rings. The second-order valence-electron chi connectivity index (χ2n) is 6.87. The van der Waals surface area contributed by atoms with Crippen molar-refractivity contribution in [1.29, 1.82) is 0 Å². The number of rotatable bonds is 9. The van der Waals surface area contributed by atoms with Crippen molar-refractivity contribution in [2.24, 2.45) is 5.92 Å². The van der Waals surface area contributed by atoms with Gasteiger partial charge in [0.05, 0.1) is 6.54 Å². The highest BCUT2D eigenvalue weighted by Crippen LogP contribution is 2.27. The van der Waals surface area contributed by atoms with E-state index in [2.05, 4.69) is 20.9 Å². The third-order valence-electron chi connectivity index (χ3n) is 4.67. The lowest BCUT2D eigenvalue weighted by Gasteiger charge is -2.26. The number of hydrogen-bond donors (Lipinski definition) is 4. The predicted molar refractivity (Wildman–Crippen MR) is 100 cm³/mol. The maximum absolute atomic E-state index is 12.6. The molecule has 3 amide bonds. The molecule has 152 valence electrons. The van der Waals surface area contributed by atoms with Crippen molar-refractivity contribution in [1.82, 2.24) is 20.9 Å². The lowest BCUT2D eigenvalue weighted by Crippen LogP contribution is -2.50. The zero-order valence-corrected chi connectivity index (χ0v) is 15.6. The molecule has 9 nitrogen and oxygen atoms in total. The van der Waals surface area contributed by atoms with E-state index >= 15 is 0 Å². The minimum atomic E-state index is -1.17. The van der Waals surface area contributed by atoms with Crippen LogP contribution in [0, 0.1) is 5.92 Å². The number of aliphatic carboxylic acids is 1. The third-order valence-corrected chi connectivity index (χ3v) is 4.67. The summed E-state index contributed by atoms with van der Waals surface area (Å²) in [6, 6.07) is 4.15. The van der Waals surface area contributed by atoms with Crippen LogP contribution < -0.4 is 16.0 Å². The van der Waals surface area contributed by atoms with Crippen LogP contribution in [-0.4, -0.2) is 52.9 Å². The molecule has 0 bridgehead atoms. The van der Waals surface area contributed by atoms with E-state index in [1.54, 1.807) is 18.2 Å². The van der Waals surface area contributed by atoms with E-state index in [1.165, 1.54) is 12.6 Å². The topological polar surface area (TPSA) is 137 Å². The number of carbonyl (C=O) groups is 4. The molecule has 1 atom stereocenters. The molecule has 0 aliphatic heterocycles. The summed E-state index contributed by atoms with van der Waals surface area (Å²) in [6.07, 6.45) is 7.37. The molecule has 1 aliphatic carbocycles. The lowest BCUT2D eigenvalue weighted by atomic mass is 9.84. The van der Waals surface area contributed by atoms with Crippen LogP contribution in [0.15, 0.2) is 24.4 Å². The first kappa shape index (κ1) is 21.3. The number of pyridine rings is 1. The van der Waals surface area contributed by atoms with E-state index in [0.717, 1.165) is 25.7 Å². The molecule has 0 saturated heterocycles. The average Bonchev–Trinajstić information content (AvgIpc) is 2.71. The summed E-state index contributed by atoms with van der Waals surface area (Å²) in [5.74, 6) is -2.37. The maximum atomic E-state index is 12.6. The van der Waals surface area contributed by atoms with Crippen LogP contribution in [0.5, 0.6) is 0 Å². The van der Waals surface area contributed by atoms with Gasteiger partial charge in [0.1, 0.15) is 18.3 Å². The highest BCUT2D eigenvalue weighted by molar-refractivity contribution is 5.96. The molecule has 1 fully saturated rings. The van der Waals surface area contributed by atoms with Gasteiger partial charge in [-0.15, -0.1) is 0 Å². The minimum absolute atomic E-state index is 0.211. The van der Waals surface area contributed by atoms with Crippen molar-refractivity contribution in [3.63, 3.8) is 0 Å².